The lowest BCUT2D eigenvalue weighted by Gasteiger charge is -2.14. The molecular weight excluding hydrogens is 337 g/mol. The van der Waals surface area contributed by atoms with Crippen LogP contribution in [0, 0.1) is 0 Å². The van der Waals surface area contributed by atoms with Crippen LogP contribution >= 0.6 is 23.2 Å². The third kappa shape index (κ3) is 6.06. The van der Waals surface area contributed by atoms with Crippen LogP contribution in [-0.4, -0.2) is 37.6 Å². The Balaban J connectivity index is 1.74. The fourth-order valence-corrected chi connectivity index (χ4v) is 2.33. The van der Waals surface area contributed by atoms with Crippen LogP contribution in [0.25, 0.3) is 0 Å². The molecule has 23 heavy (non-hydrogen) atoms. The number of ether oxygens (including phenoxy) is 1. The van der Waals surface area contributed by atoms with E-state index >= 15 is 0 Å². The average Bonchev–Trinajstić information content (AvgIpc) is 2.51. The summed E-state index contributed by atoms with van der Waals surface area (Å²) in [5.74, 6) is 0.968. The number of halogens is 2. The van der Waals surface area contributed by atoms with Gasteiger partial charge in [-0.15, -0.1) is 0 Å². The molecule has 0 aliphatic carbocycles. The van der Waals surface area contributed by atoms with E-state index in [9.17, 15) is 4.79 Å². The van der Waals surface area contributed by atoms with Crippen LogP contribution in [0.3, 0.4) is 0 Å². The SMILES string of the molecule is C[NH+](CCOc1ccccc1)CC(=O)Nc1ncc(Cl)cc1Cl. The summed E-state index contributed by atoms with van der Waals surface area (Å²) in [5.41, 5.74) is 0. The van der Waals surface area contributed by atoms with E-state index in [0.717, 1.165) is 10.6 Å². The molecule has 122 valence electrons. The Kier molecular flexibility index (Phi) is 6.65. The number of amides is 1. The minimum Gasteiger partial charge on any atom is -0.488 e. The molecule has 0 saturated carbocycles. The van der Waals surface area contributed by atoms with Crippen molar-refractivity contribution in [1.82, 2.24) is 4.98 Å². The highest BCUT2D eigenvalue weighted by atomic mass is 35.5. The molecule has 5 nitrogen and oxygen atoms in total. The Hall–Kier alpha value is -1.82. The zero-order valence-electron chi connectivity index (χ0n) is 12.7. The van der Waals surface area contributed by atoms with Gasteiger partial charge >= 0.3 is 0 Å². The van der Waals surface area contributed by atoms with Crippen LogP contribution in [0.4, 0.5) is 5.82 Å². The monoisotopic (exact) mass is 354 g/mol. The third-order valence-corrected chi connectivity index (χ3v) is 3.56. The molecule has 2 N–H and O–H groups in total. The van der Waals surface area contributed by atoms with Gasteiger partial charge in [-0.25, -0.2) is 4.98 Å². The van der Waals surface area contributed by atoms with Crippen LogP contribution in [0.15, 0.2) is 42.6 Å². The molecule has 1 heterocycles. The topological polar surface area (TPSA) is 55.7 Å². The average molecular weight is 355 g/mol. The van der Waals surface area contributed by atoms with Gasteiger partial charge in [0.15, 0.2) is 12.4 Å². The van der Waals surface area contributed by atoms with E-state index in [-0.39, 0.29) is 5.91 Å². The maximum atomic E-state index is 12.0. The lowest BCUT2D eigenvalue weighted by Crippen LogP contribution is -3.10. The largest absolute Gasteiger partial charge is 0.488 e. The molecule has 2 aromatic rings. The molecule has 1 aromatic carbocycles. The molecular formula is C16H18Cl2N3O2+. The first-order valence-electron chi connectivity index (χ1n) is 7.14. The highest BCUT2D eigenvalue weighted by Gasteiger charge is 2.13. The summed E-state index contributed by atoms with van der Waals surface area (Å²) in [4.78, 5) is 17.0. The van der Waals surface area contributed by atoms with Crippen LogP contribution in [0.1, 0.15) is 0 Å². The number of pyridine rings is 1. The predicted molar refractivity (Wildman–Crippen MR) is 91.4 cm³/mol. The van der Waals surface area contributed by atoms with Crippen molar-refractivity contribution in [3.63, 3.8) is 0 Å². The number of rotatable bonds is 7. The van der Waals surface area contributed by atoms with Gasteiger partial charge in [0.05, 0.1) is 17.1 Å². The molecule has 1 aromatic heterocycles. The highest BCUT2D eigenvalue weighted by Crippen LogP contribution is 2.22. The van der Waals surface area contributed by atoms with Gasteiger partial charge in [-0.1, -0.05) is 41.4 Å². The molecule has 0 radical (unpaired) electrons. The van der Waals surface area contributed by atoms with E-state index in [1.807, 2.05) is 37.4 Å². The van der Waals surface area contributed by atoms with Crippen LogP contribution in [-0.2, 0) is 4.79 Å². The van der Waals surface area contributed by atoms with Gasteiger partial charge in [-0.05, 0) is 18.2 Å². The number of nitrogens with zero attached hydrogens (tertiary/aromatic N) is 1. The summed E-state index contributed by atoms with van der Waals surface area (Å²) < 4.78 is 5.61. The van der Waals surface area contributed by atoms with Crippen molar-refractivity contribution < 1.29 is 14.4 Å². The van der Waals surface area contributed by atoms with Crippen molar-refractivity contribution in [2.75, 3.05) is 32.1 Å². The van der Waals surface area contributed by atoms with Gasteiger partial charge < -0.3 is 15.0 Å². The maximum absolute atomic E-state index is 12.0. The quantitative estimate of drug-likeness (QED) is 0.798. The fourth-order valence-electron chi connectivity index (χ4n) is 1.91. The first-order chi connectivity index (χ1) is 11.0. The van der Waals surface area contributed by atoms with Gasteiger partial charge in [0.25, 0.3) is 5.91 Å². The fraction of sp³-hybridized carbons (Fsp3) is 0.250. The van der Waals surface area contributed by atoms with E-state index in [1.54, 1.807) is 0 Å². The van der Waals surface area contributed by atoms with E-state index in [1.165, 1.54) is 12.3 Å². The van der Waals surface area contributed by atoms with Gasteiger partial charge in [0.2, 0.25) is 0 Å². The lowest BCUT2D eigenvalue weighted by molar-refractivity contribution is -0.871. The molecule has 0 aliphatic heterocycles. The number of hydrogen-bond donors (Lipinski definition) is 2. The molecule has 1 atom stereocenters. The number of nitrogens with one attached hydrogen (secondary N) is 2. The number of quaternary nitrogens is 1. The predicted octanol–water partition coefficient (Wildman–Crippen LogP) is 1.92. The van der Waals surface area contributed by atoms with Crippen molar-refractivity contribution >= 4 is 34.9 Å². The highest BCUT2D eigenvalue weighted by molar-refractivity contribution is 6.36. The normalized spacial score (nSPS) is 11.8. The Morgan fingerprint density at radius 2 is 2.04 bits per heavy atom. The molecule has 0 bridgehead atoms. The van der Waals surface area contributed by atoms with Crippen molar-refractivity contribution in [2.45, 2.75) is 0 Å². The van der Waals surface area contributed by atoms with E-state index in [2.05, 4.69) is 10.3 Å². The number of para-hydroxylation sites is 1. The Morgan fingerprint density at radius 3 is 2.74 bits per heavy atom. The summed E-state index contributed by atoms with van der Waals surface area (Å²) >= 11 is 11.7. The minimum atomic E-state index is -0.168. The summed E-state index contributed by atoms with van der Waals surface area (Å²) in [6.45, 7) is 1.52. The number of likely N-dealkylation sites (N-methyl/N-ethyl adjacent to an activating group) is 1. The molecule has 1 unspecified atom stereocenters. The smallest absolute Gasteiger partial charge is 0.280 e. The number of anilines is 1. The van der Waals surface area contributed by atoms with Gasteiger partial charge in [-0.2, -0.15) is 0 Å². The zero-order chi connectivity index (χ0) is 16.7. The molecule has 0 saturated heterocycles. The van der Waals surface area contributed by atoms with Crippen molar-refractivity contribution in [3.8, 4) is 5.75 Å². The lowest BCUT2D eigenvalue weighted by atomic mass is 10.3. The first kappa shape index (κ1) is 17.5. The summed E-state index contributed by atoms with van der Waals surface area (Å²) in [6.07, 6.45) is 1.44. The second-order valence-corrected chi connectivity index (χ2v) is 5.92. The molecule has 0 fully saturated rings. The standard InChI is InChI=1S/C16H17Cl2N3O2/c1-21(7-8-23-13-5-3-2-4-6-13)11-15(22)20-16-14(18)9-12(17)10-19-16/h2-6,9-10H,7-8,11H2,1H3,(H,19,20,22)/p+1. The van der Waals surface area contributed by atoms with Gasteiger partial charge in [0.1, 0.15) is 18.9 Å². The Bertz CT molecular complexity index is 653. The van der Waals surface area contributed by atoms with E-state index in [4.69, 9.17) is 27.9 Å². The molecule has 7 heteroatoms. The molecule has 2 rings (SSSR count). The number of carbonyl (C=O) groups excluding carboxylic acids is 1. The molecule has 0 spiro atoms. The summed E-state index contributed by atoms with van der Waals surface area (Å²) in [7, 11) is 1.92. The first-order valence-corrected chi connectivity index (χ1v) is 7.90. The summed E-state index contributed by atoms with van der Waals surface area (Å²) in [5, 5.41) is 3.41. The van der Waals surface area contributed by atoms with Crippen LogP contribution in [0.5, 0.6) is 5.75 Å². The van der Waals surface area contributed by atoms with E-state index in [0.29, 0.717) is 35.6 Å². The third-order valence-electron chi connectivity index (χ3n) is 3.07. The number of hydrogen-bond acceptors (Lipinski definition) is 3. The molecule has 1 amide bonds. The Morgan fingerprint density at radius 1 is 1.30 bits per heavy atom. The van der Waals surface area contributed by atoms with Crippen molar-refractivity contribution in [2.24, 2.45) is 0 Å². The zero-order valence-corrected chi connectivity index (χ0v) is 14.2. The number of aromatic nitrogens is 1. The maximum Gasteiger partial charge on any atom is 0.280 e. The molecule has 0 aliphatic rings. The second-order valence-electron chi connectivity index (χ2n) is 5.08. The second kappa shape index (κ2) is 8.72. The Labute approximate surface area is 145 Å². The van der Waals surface area contributed by atoms with Crippen LogP contribution < -0.4 is 15.0 Å². The van der Waals surface area contributed by atoms with Gasteiger partial charge in [-0.3, -0.25) is 4.79 Å². The number of carbonyl (C=O) groups is 1. The van der Waals surface area contributed by atoms with Gasteiger partial charge in [0, 0.05) is 6.20 Å². The van der Waals surface area contributed by atoms with Crippen molar-refractivity contribution in [3.05, 3.63) is 52.6 Å². The van der Waals surface area contributed by atoms with E-state index < -0.39 is 0 Å². The number of benzene rings is 1. The van der Waals surface area contributed by atoms with Crippen molar-refractivity contribution in [1.29, 1.82) is 0 Å². The summed E-state index contributed by atoms with van der Waals surface area (Å²) in [6, 6.07) is 11.1. The minimum absolute atomic E-state index is 0.168. The van der Waals surface area contributed by atoms with Crippen LogP contribution in [0.2, 0.25) is 10.0 Å².